The zero-order chi connectivity index (χ0) is 13.0. The maximum Gasteiger partial charge on any atom is 0.0898 e. The van der Waals surface area contributed by atoms with Crippen LogP contribution in [-0.4, -0.2) is 36.6 Å². The van der Waals surface area contributed by atoms with Crippen molar-refractivity contribution in [2.45, 2.75) is 39.2 Å². The van der Waals surface area contributed by atoms with Crippen LogP contribution in [-0.2, 0) is 0 Å². The van der Waals surface area contributed by atoms with Crippen LogP contribution in [0.15, 0.2) is 5.38 Å². The average Bonchev–Trinajstić information content (AvgIpc) is 2.68. The summed E-state index contributed by atoms with van der Waals surface area (Å²) in [6, 6.07) is 0.509. The molecule has 4 heteroatoms. The van der Waals surface area contributed by atoms with Crippen molar-refractivity contribution in [2.75, 3.05) is 26.7 Å². The Kier molecular flexibility index (Phi) is 5.15. The first-order valence-electron chi connectivity index (χ1n) is 7.07. The molecule has 1 aromatic heterocycles. The topological polar surface area (TPSA) is 28.2 Å². The van der Waals surface area contributed by atoms with Gasteiger partial charge in [-0.1, -0.05) is 13.3 Å². The van der Waals surface area contributed by atoms with Crippen LogP contribution in [0.5, 0.6) is 0 Å². The van der Waals surface area contributed by atoms with Gasteiger partial charge in [0, 0.05) is 5.38 Å². The molecule has 0 bridgehead atoms. The predicted octanol–water partition coefficient (Wildman–Crippen LogP) is 2.83. The standard InChI is InChI=1S/C14H25N3S/c1-4-17-8-6-5-7-12(9-15-3)14(17)13-10-18-11(2)16-13/h10,12,14-15H,4-9H2,1-3H3. The van der Waals surface area contributed by atoms with Crippen LogP contribution in [0.4, 0.5) is 0 Å². The van der Waals surface area contributed by atoms with Gasteiger partial charge in [-0.05, 0) is 52.4 Å². The van der Waals surface area contributed by atoms with Crippen LogP contribution >= 0.6 is 11.3 Å². The fourth-order valence-corrected chi connectivity index (χ4v) is 3.73. The van der Waals surface area contributed by atoms with Crippen molar-refractivity contribution in [1.29, 1.82) is 0 Å². The maximum absolute atomic E-state index is 4.76. The van der Waals surface area contributed by atoms with E-state index in [1.165, 1.54) is 36.5 Å². The summed E-state index contributed by atoms with van der Waals surface area (Å²) in [7, 11) is 2.06. The summed E-state index contributed by atoms with van der Waals surface area (Å²) in [5.41, 5.74) is 1.29. The lowest BCUT2D eigenvalue weighted by molar-refractivity contribution is 0.159. The first kappa shape index (κ1) is 14.0. The molecule has 2 heterocycles. The van der Waals surface area contributed by atoms with Crippen LogP contribution in [0.25, 0.3) is 0 Å². The molecule has 2 rings (SSSR count). The van der Waals surface area contributed by atoms with Gasteiger partial charge in [-0.3, -0.25) is 4.90 Å². The minimum absolute atomic E-state index is 0.509. The molecule has 18 heavy (non-hydrogen) atoms. The summed E-state index contributed by atoms with van der Waals surface area (Å²) in [5, 5.41) is 6.81. The highest BCUT2D eigenvalue weighted by molar-refractivity contribution is 7.09. The highest BCUT2D eigenvalue weighted by Gasteiger charge is 2.31. The van der Waals surface area contributed by atoms with Crippen molar-refractivity contribution in [3.05, 3.63) is 16.1 Å². The third-order valence-electron chi connectivity index (χ3n) is 3.92. The third kappa shape index (κ3) is 3.11. The molecule has 0 aromatic carbocycles. The van der Waals surface area contributed by atoms with Gasteiger partial charge >= 0.3 is 0 Å². The lowest BCUT2D eigenvalue weighted by Crippen LogP contribution is -2.36. The monoisotopic (exact) mass is 267 g/mol. The number of hydrogen-bond acceptors (Lipinski definition) is 4. The minimum atomic E-state index is 0.509. The van der Waals surface area contributed by atoms with Crippen LogP contribution in [0.2, 0.25) is 0 Å². The Balaban J connectivity index is 2.25. The molecule has 1 aliphatic rings. The van der Waals surface area contributed by atoms with Crippen LogP contribution < -0.4 is 5.32 Å². The Labute approximate surface area is 115 Å². The summed E-state index contributed by atoms with van der Waals surface area (Å²) in [6.45, 7) is 7.82. The number of likely N-dealkylation sites (tertiary alicyclic amines) is 1. The SMILES string of the molecule is CCN1CCCCC(CNC)C1c1csc(C)n1. The molecule has 0 radical (unpaired) electrons. The zero-order valence-electron chi connectivity index (χ0n) is 11.8. The van der Waals surface area contributed by atoms with Gasteiger partial charge in [-0.15, -0.1) is 11.3 Å². The number of rotatable bonds is 4. The molecule has 1 aliphatic heterocycles. The predicted molar refractivity (Wildman–Crippen MR) is 78.1 cm³/mol. The Bertz CT molecular complexity index is 364. The second-order valence-electron chi connectivity index (χ2n) is 5.18. The van der Waals surface area contributed by atoms with E-state index in [0.29, 0.717) is 12.0 Å². The van der Waals surface area contributed by atoms with Crippen LogP contribution in [0, 0.1) is 12.8 Å². The quantitative estimate of drug-likeness (QED) is 0.909. The molecule has 0 saturated carbocycles. The first-order chi connectivity index (χ1) is 8.76. The molecule has 1 aromatic rings. The molecule has 0 aliphatic carbocycles. The fraction of sp³-hybridized carbons (Fsp3) is 0.786. The highest BCUT2D eigenvalue weighted by atomic mass is 32.1. The van der Waals surface area contributed by atoms with Gasteiger partial charge < -0.3 is 5.32 Å². The second-order valence-corrected chi connectivity index (χ2v) is 6.24. The van der Waals surface area contributed by atoms with Crippen molar-refractivity contribution in [2.24, 2.45) is 5.92 Å². The lowest BCUT2D eigenvalue weighted by atomic mass is 9.92. The van der Waals surface area contributed by atoms with Crippen LogP contribution in [0.1, 0.15) is 42.9 Å². The molecule has 3 nitrogen and oxygen atoms in total. The van der Waals surface area contributed by atoms with Crippen LogP contribution in [0.3, 0.4) is 0 Å². The van der Waals surface area contributed by atoms with Gasteiger partial charge in [0.1, 0.15) is 0 Å². The van der Waals surface area contributed by atoms with Crippen molar-refractivity contribution in [1.82, 2.24) is 15.2 Å². The number of hydrogen-bond donors (Lipinski definition) is 1. The lowest BCUT2D eigenvalue weighted by Gasteiger charge is -2.33. The molecule has 0 amide bonds. The molecule has 1 saturated heterocycles. The normalized spacial score (nSPS) is 26.2. The van der Waals surface area contributed by atoms with Gasteiger partial charge in [0.2, 0.25) is 0 Å². The second kappa shape index (κ2) is 6.64. The molecule has 1 N–H and O–H groups in total. The Morgan fingerprint density at radius 3 is 2.94 bits per heavy atom. The number of nitrogens with one attached hydrogen (secondary N) is 1. The van der Waals surface area contributed by atoms with E-state index in [2.05, 4.69) is 36.5 Å². The Morgan fingerprint density at radius 1 is 1.50 bits per heavy atom. The van der Waals surface area contributed by atoms with E-state index >= 15 is 0 Å². The van der Waals surface area contributed by atoms with Crippen molar-refractivity contribution < 1.29 is 0 Å². The smallest absolute Gasteiger partial charge is 0.0898 e. The number of thiazole rings is 1. The summed E-state index contributed by atoms with van der Waals surface area (Å²) in [6.07, 6.45) is 3.99. The molecule has 102 valence electrons. The highest BCUT2D eigenvalue weighted by Crippen LogP contribution is 2.35. The van der Waals surface area contributed by atoms with E-state index in [-0.39, 0.29) is 0 Å². The summed E-state index contributed by atoms with van der Waals surface area (Å²) >= 11 is 1.78. The third-order valence-corrected chi connectivity index (χ3v) is 4.71. The zero-order valence-corrected chi connectivity index (χ0v) is 12.6. The van der Waals surface area contributed by atoms with Gasteiger partial charge in [0.05, 0.1) is 16.7 Å². The fourth-order valence-electron chi connectivity index (χ4n) is 3.09. The number of aryl methyl sites for hydroxylation is 1. The Morgan fingerprint density at radius 2 is 2.33 bits per heavy atom. The summed E-state index contributed by atoms with van der Waals surface area (Å²) in [5.74, 6) is 0.693. The van der Waals surface area contributed by atoms with Crippen molar-refractivity contribution >= 4 is 11.3 Å². The van der Waals surface area contributed by atoms with Gasteiger partial charge in [-0.25, -0.2) is 4.98 Å². The maximum atomic E-state index is 4.76. The van der Waals surface area contributed by atoms with E-state index in [0.717, 1.165) is 13.1 Å². The van der Waals surface area contributed by atoms with Gasteiger partial charge in [0.15, 0.2) is 0 Å². The van der Waals surface area contributed by atoms with Gasteiger partial charge in [-0.2, -0.15) is 0 Å². The van der Waals surface area contributed by atoms with E-state index < -0.39 is 0 Å². The molecule has 0 spiro atoms. The minimum Gasteiger partial charge on any atom is -0.319 e. The molecular formula is C14H25N3S. The molecular weight excluding hydrogens is 242 g/mol. The van der Waals surface area contributed by atoms with Crippen molar-refractivity contribution in [3.8, 4) is 0 Å². The summed E-state index contributed by atoms with van der Waals surface area (Å²) in [4.78, 5) is 7.37. The van der Waals surface area contributed by atoms with E-state index in [1.807, 2.05) is 0 Å². The molecule has 1 fully saturated rings. The molecule has 2 unspecified atom stereocenters. The summed E-state index contributed by atoms with van der Waals surface area (Å²) < 4.78 is 0. The largest absolute Gasteiger partial charge is 0.319 e. The first-order valence-corrected chi connectivity index (χ1v) is 7.95. The number of aromatic nitrogens is 1. The number of nitrogens with zero attached hydrogens (tertiary/aromatic N) is 2. The molecule has 2 atom stereocenters. The van der Waals surface area contributed by atoms with Crippen molar-refractivity contribution in [3.63, 3.8) is 0 Å². The van der Waals surface area contributed by atoms with E-state index in [9.17, 15) is 0 Å². The van der Waals surface area contributed by atoms with E-state index in [1.54, 1.807) is 11.3 Å². The Hall–Kier alpha value is -0.450. The van der Waals surface area contributed by atoms with E-state index in [4.69, 9.17) is 4.98 Å². The van der Waals surface area contributed by atoms with Gasteiger partial charge in [0.25, 0.3) is 0 Å². The average molecular weight is 267 g/mol.